The molecule has 0 atom stereocenters. The molecule has 4 aromatic rings. The Morgan fingerprint density at radius 1 is 1.39 bits per heavy atom. The number of rotatable bonds is 2. The summed E-state index contributed by atoms with van der Waals surface area (Å²) in [6.45, 7) is 2.22. The molecule has 0 unspecified atom stereocenters. The number of thiophene rings is 1. The van der Waals surface area contributed by atoms with E-state index in [9.17, 15) is 4.79 Å². The van der Waals surface area contributed by atoms with Crippen LogP contribution in [0.25, 0.3) is 15.2 Å². The molecule has 1 aliphatic rings. The fourth-order valence-electron chi connectivity index (χ4n) is 3.09. The number of nitrogens with zero attached hydrogens (tertiary/aromatic N) is 4. The van der Waals surface area contributed by atoms with Gasteiger partial charge < -0.3 is 5.32 Å². The fraction of sp³-hybridized carbons (Fsp3) is 0.267. The van der Waals surface area contributed by atoms with Crippen molar-refractivity contribution in [3.63, 3.8) is 0 Å². The van der Waals surface area contributed by atoms with Crippen molar-refractivity contribution >= 4 is 37.9 Å². The van der Waals surface area contributed by atoms with Crippen molar-refractivity contribution in [1.82, 2.24) is 24.3 Å². The summed E-state index contributed by atoms with van der Waals surface area (Å²) in [5.41, 5.74) is 2.11. The van der Waals surface area contributed by atoms with Crippen LogP contribution in [0.4, 0.5) is 0 Å². The number of aromatic nitrogens is 4. The highest BCUT2D eigenvalue weighted by molar-refractivity contribution is 7.18. The molecule has 5 rings (SSSR count). The van der Waals surface area contributed by atoms with Crippen LogP contribution in [0.2, 0.25) is 0 Å². The van der Waals surface area contributed by atoms with E-state index < -0.39 is 0 Å². The zero-order chi connectivity index (χ0) is 15.4. The molecule has 23 heavy (non-hydrogen) atoms. The molecular formula is C15H13N5OS2. The minimum Gasteiger partial charge on any atom is -0.312 e. The van der Waals surface area contributed by atoms with Gasteiger partial charge in [-0.15, -0.1) is 22.7 Å². The smallest absolute Gasteiger partial charge is 0.262 e. The molecule has 0 aliphatic carbocycles. The number of hydrogen-bond acceptors (Lipinski definition) is 6. The summed E-state index contributed by atoms with van der Waals surface area (Å²) in [5.74, 6) is 0. The Labute approximate surface area is 139 Å². The Morgan fingerprint density at radius 2 is 2.35 bits per heavy atom. The van der Waals surface area contributed by atoms with Gasteiger partial charge in [0.2, 0.25) is 0 Å². The van der Waals surface area contributed by atoms with Gasteiger partial charge in [-0.2, -0.15) is 0 Å². The van der Waals surface area contributed by atoms with Gasteiger partial charge in [-0.1, -0.05) is 0 Å². The quantitative estimate of drug-likeness (QED) is 0.603. The summed E-state index contributed by atoms with van der Waals surface area (Å²) in [5, 5.41) is 6.15. The highest BCUT2D eigenvalue weighted by Gasteiger charge is 2.20. The molecule has 5 heterocycles. The molecule has 1 N–H and O–H groups in total. The van der Waals surface area contributed by atoms with Gasteiger partial charge in [0.1, 0.15) is 4.83 Å². The van der Waals surface area contributed by atoms with Crippen LogP contribution in [0.5, 0.6) is 0 Å². The molecular weight excluding hydrogens is 330 g/mol. The van der Waals surface area contributed by atoms with E-state index in [1.54, 1.807) is 33.6 Å². The van der Waals surface area contributed by atoms with Crippen LogP contribution in [0, 0.1) is 0 Å². The molecule has 0 radical (unpaired) electrons. The van der Waals surface area contributed by atoms with E-state index in [0.717, 1.165) is 40.4 Å². The summed E-state index contributed by atoms with van der Waals surface area (Å²) in [6.07, 6.45) is 6.49. The monoisotopic (exact) mass is 343 g/mol. The van der Waals surface area contributed by atoms with Crippen LogP contribution in [0.3, 0.4) is 0 Å². The maximum absolute atomic E-state index is 12.9. The molecule has 4 aromatic heterocycles. The predicted molar refractivity (Wildman–Crippen MR) is 91.5 cm³/mol. The van der Waals surface area contributed by atoms with Crippen molar-refractivity contribution < 1.29 is 0 Å². The van der Waals surface area contributed by atoms with Crippen molar-refractivity contribution in [3.8, 4) is 0 Å². The van der Waals surface area contributed by atoms with Crippen LogP contribution >= 0.6 is 22.7 Å². The van der Waals surface area contributed by atoms with Gasteiger partial charge in [0.05, 0.1) is 24.0 Å². The minimum absolute atomic E-state index is 0.0470. The van der Waals surface area contributed by atoms with Crippen LogP contribution in [-0.2, 0) is 19.5 Å². The van der Waals surface area contributed by atoms with E-state index in [0.29, 0.717) is 6.54 Å². The Balaban J connectivity index is 1.62. The SMILES string of the molecule is O=c1c2c3c(sc2ncn1Cc1cn2ccsc2n1)CNCC3. The average Bonchev–Trinajstić information content (AvgIpc) is 3.22. The highest BCUT2D eigenvalue weighted by Crippen LogP contribution is 2.29. The van der Waals surface area contributed by atoms with E-state index in [2.05, 4.69) is 15.3 Å². The van der Waals surface area contributed by atoms with E-state index in [1.165, 1.54) is 10.4 Å². The average molecular weight is 343 g/mol. The van der Waals surface area contributed by atoms with Crippen molar-refractivity contribution in [3.05, 3.63) is 50.6 Å². The van der Waals surface area contributed by atoms with E-state index >= 15 is 0 Å². The van der Waals surface area contributed by atoms with Crippen molar-refractivity contribution in [1.29, 1.82) is 0 Å². The predicted octanol–water partition coefficient (Wildman–Crippen LogP) is 1.86. The van der Waals surface area contributed by atoms with Crippen LogP contribution in [-0.4, -0.2) is 25.5 Å². The zero-order valence-electron chi connectivity index (χ0n) is 12.2. The third-order valence-corrected chi connectivity index (χ3v) is 6.08. The Morgan fingerprint density at radius 3 is 3.26 bits per heavy atom. The van der Waals surface area contributed by atoms with Gasteiger partial charge >= 0.3 is 0 Å². The molecule has 1 aliphatic heterocycles. The largest absolute Gasteiger partial charge is 0.312 e. The number of fused-ring (bicyclic) bond motifs is 4. The van der Waals surface area contributed by atoms with Gasteiger partial charge in [0.15, 0.2) is 4.96 Å². The molecule has 8 heteroatoms. The molecule has 116 valence electrons. The number of thiazole rings is 1. The van der Waals surface area contributed by atoms with Crippen LogP contribution in [0.1, 0.15) is 16.1 Å². The van der Waals surface area contributed by atoms with Gasteiger partial charge in [-0.05, 0) is 18.5 Å². The van der Waals surface area contributed by atoms with E-state index in [1.807, 2.05) is 22.2 Å². The van der Waals surface area contributed by atoms with E-state index in [-0.39, 0.29) is 5.56 Å². The molecule has 6 nitrogen and oxygen atoms in total. The van der Waals surface area contributed by atoms with Crippen molar-refractivity contribution in [2.75, 3.05) is 6.54 Å². The summed E-state index contributed by atoms with van der Waals surface area (Å²) in [6, 6.07) is 0. The molecule has 0 saturated carbocycles. The first kappa shape index (κ1) is 13.4. The third kappa shape index (κ3) is 2.06. The molecule has 0 amide bonds. The normalized spacial score (nSPS) is 14.6. The molecule has 0 bridgehead atoms. The second kappa shape index (κ2) is 4.98. The summed E-state index contributed by atoms with van der Waals surface area (Å²) >= 11 is 3.22. The standard InChI is InChI=1S/C15H13N5OS2/c21-14-12-10-1-2-16-5-11(10)23-13(12)17-8-20(14)7-9-6-19-3-4-22-15(19)18-9/h3-4,6,8,16H,1-2,5,7H2. The lowest BCUT2D eigenvalue weighted by Crippen LogP contribution is -2.25. The number of nitrogens with one attached hydrogen (secondary N) is 1. The summed E-state index contributed by atoms with van der Waals surface area (Å²) in [4.78, 5) is 25.0. The maximum Gasteiger partial charge on any atom is 0.262 e. The Kier molecular flexibility index (Phi) is 2.91. The zero-order valence-corrected chi connectivity index (χ0v) is 13.8. The summed E-state index contributed by atoms with van der Waals surface area (Å²) in [7, 11) is 0. The molecule has 0 aromatic carbocycles. The van der Waals surface area contributed by atoms with E-state index in [4.69, 9.17) is 0 Å². The van der Waals surface area contributed by atoms with Gasteiger partial charge in [0, 0.05) is 29.2 Å². The second-order valence-electron chi connectivity index (χ2n) is 5.61. The molecule has 0 fully saturated rings. The Bertz CT molecular complexity index is 1060. The lowest BCUT2D eigenvalue weighted by molar-refractivity contribution is 0.656. The van der Waals surface area contributed by atoms with Crippen molar-refractivity contribution in [2.45, 2.75) is 19.5 Å². The first-order chi connectivity index (χ1) is 11.3. The minimum atomic E-state index is 0.0470. The lowest BCUT2D eigenvalue weighted by Gasteiger charge is -2.12. The van der Waals surface area contributed by atoms with Gasteiger partial charge in [-0.25, -0.2) is 9.97 Å². The van der Waals surface area contributed by atoms with Gasteiger partial charge in [0.25, 0.3) is 5.56 Å². The lowest BCUT2D eigenvalue weighted by atomic mass is 10.1. The van der Waals surface area contributed by atoms with Gasteiger partial charge in [-0.3, -0.25) is 13.8 Å². The number of imidazole rings is 1. The Hall–Kier alpha value is -2.03. The maximum atomic E-state index is 12.9. The first-order valence-corrected chi connectivity index (χ1v) is 9.11. The summed E-state index contributed by atoms with van der Waals surface area (Å²) < 4.78 is 3.65. The molecule has 0 spiro atoms. The molecule has 0 saturated heterocycles. The highest BCUT2D eigenvalue weighted by atomic mass is 32.1. The topological polar surface area (TPSA) is 64.2 Å². The second-order valence-corrected chi connectivity index (χ2v) is 7.57. The fourth-order valence-corrected chi connectivity index (χ4v) is 4.96. The first-order valence-electron chi connectivity index (χ1n) is 7.41. The van der Waals surface area contributed by atoms with Crippen LogP contribution < -0.4 is 10.9 Å². The number of hydrogen-bond donors (Lipinski definition) is 1. The third-order valence-electron chi connectivity index (χ3n) is 4.17. The van der Waals surface area contributed by atoms with Crippen molar-refractivity contribution in [2.24, 2.45) is 0 Å². The van der Waals surface area contributed by atoms with Crippen LogP contribution in [0.15, 0.2) is 28.9 Å².